The molecule has 20 heavy (non-hydrogen) atoms. The third kappa shape index (κ3) is 4.23. The van der Waals surface area contributed by atoms with Crippen molar-refractivity contribution in [3.05, 3.63) is 34.3 Å². The topological polar surface area (TPSA) is 17.1 Å². The normalized spacial score (nSPS) is 13.3. The molecule has 0 aliphatic rings. The zero-order chi connectivity index (χ0) is 15.3. The smallest absolute Gasteiger partial charge is 0.294 e. The highest BCUT2D eigenvalue weighted by Gasteiger charge is 2.33. The Morgan fingerprint density at radius 3 is 2.40 bits per heavy atom. The van der Waals surface area contributed by atoms with Gasteiger partial charge in [-0.1, -0.05) is 44.4 Å². The van der Waals surface area contributed by atoms with Crippen molar-refractivity contribution in [2.45, 2.75) is 45.7 Å². The van der Waals surface area contributed by atoms with Crippen LogP contribution in [0.4, 0.5) is 13.2 Å². The fourth-order valence-electron chi connectivity index (χ4n) is 2.11. The van der Waals surface area contributed by atoms with E-state index in [9.17, 15) is 18.0 Å². The molecule has 1 aromatic rings. The molecule has 0 saturated carbocycles. The standard InChI is InChI=1S/C15H18ClF3O/c1-3-5-6-10(4-2)14(20)11-7-8-12(13(16)9-11)15(17,18)19/h7-10H,3-6H2,1-2H3. The zero-order valence-electron chi connectivity index (χ0n) is 11.6. The van der Waals surface area contributed by atoms with E-state index in [2.05, 4.69) is 0 Å². The predicted molar refractivity (Wildman–Crippen MR) is 74.1 cm³/mol. The lowest BCUT2D eigenvalue weighted by atomic mass is 9.90. The molecule has 0 amide bonds. The number of carbonyl (C=O) groups is 1. The lowest BCUT2D eigenvalue weighted by Gasteiger charge is -2.15. The van der Waals surface area contributed by atoms with Gasteiger partial charge in [-0.05, 0) is 25.0 Å². The molecule has 0 N–H and O–H groups in total. The van der Waals surface area contributed by atoms with Gasteiger partial charge in [0.2, 0.25) is 0 Å². The van der Waals surface area contributed by atoms with Crippen LogP contribution >= 0.6 is 11.6 Å². The number of Topliss-reactive ketones (excluding diaryl/α,β-unsaturated/α-hetero) is 1. The van der Waals surface area contributed by atoms with Crippen LogP contribution in [0.15, 0.2) is 18.2 Å². The number of alkyl halides is 3. The number of halogens is 4. The molecule has 0 saturated heterocycles. The lowest BCUT2D eigenvalue weighted by Crippen LogP contribution is -2.15. The average molecular weight is 307 g/mol. The van der Waals surface area contributed by atoms with E-state index in [1.807, 2.05) is 13.8 Å². The van der Waals surface area contributed by atoms with Gasteiger partial charge in [-0.2, -0.15) is 13.2 Å². The maximum Gasteiger partial charge on any atom is 0.417 e. The highest BCUT2D eigenvalue weighted by Crippen LogP contribution is 2.35. The van der Waals surface area contributed by atoms with Gasteiger partial charge in [0.05, 0.1) is 10.6 Å². The van der Waals surface area contributed by atoms with E-state index in [0.717, 1.165) is 31.4 Å². The van der Waals surface area contributed by atoms with Gasteiger partial charge in [0.15, 0.2) is 5.78 Å². The first-order chi connectivity index (χ1) is 9.31. The SMILES string of the molecule is CCCCC(CC)C(=O)c1ccc(C(F)(F)F)c(Cl)c1. The summed E-state index contributed by atoms with van der Waals surface area (Å²) in [5.74, 6) is -0.278. The molecule has 5 heteroatoms. The van der Waals surface area contributed by atoms with Gasteiger partial charge in [0.1, 0.15) is 0 Å². The molecule has 0 spiro atoms. The number of hydrogen-bond acceptors (Lipinski definition) is 1. The summed E-state index contributed by atoms with van der Waals surface area (Å²) in [7, 11) is 0. The van der Waals surface area contributed by atoms with Crippen LogP contribution in [0.25, 0.3) is 0 Å². The minimum atomic E-state index is -4.50. The molecule has 1 rings (SSSR count). The molecule has 1 unspecified atom stereocenters. The first-order valence-electron chi connectivity index (χ1n) is 6.72. The van der Waals surface area contributed by atoms with E-state index >= 15 is 0 Å². The van der Waals surface area contributed by atoms with Crippen molar-refractivity contribution in [1.82, 2.24) is 0 Å². The first-order valence-corrected chi connectivity index (χ1v) is 7.10. The summed E-state index contributed by atoms with van der Waals surface area (Å²) in [5.41, 5.74) is -0.650. The molecule has 0 fully saturated rings. The van der Waals surface area contributed by atoms with Gasteiger partial charge in [0, 0.05) is 11.5 Å². The Morgan fingerprint density at radius 2 is 1.95 bits per heavy atom. The Hall–Kier alpha value is -1.03. The average Bonchev–Trinajstić information content (AvgIpc) is 2.37. The Kier molecular flexibility index (Phi) is 6.06. The van der Waals surface area contributed by atoms with Crippen LogP contribution in [0.2, 0.25) is 5.02 Å². The molecule has 0 bridgehead atoms. The summed E-state index contributed by atoms with van der Waals surface area (Å²) < 4.78 is 37.8. The van der Waals surface area contributed by atoms with Crippen LogP contribution in [-0.4, -0.2) is 5.78 Å². The Morgan fingerprint density at radius 1 is 1.30 bits per heavy atom. The van der Waals surface area contributed by atoms with E-state index in [-0.39, 0.29) is 17.3 Å². The summed E-state index contributed by atoms with van der Waals surface area (Å²) in [6.45, 7) is 3.94. The minimum absolute atomic E-state index is 0.128. The number of benzene rings is 1. The second-order valence-corrected chi connectivity index (χ2v) is 5.21. The number of ketones is 1. The minimum Gasteiger partial charge on any atom is -0.294 e. The van der Waals surface area contributed by atoms with Gasteiger partial charge in [-0.3, -0.25) is 4.79 Å². The van der Waals surface area contributed by atoms with Gasteiger partial charge < -0.3 is 0 Å². The van der Waals surface area contributed by atoms with E-state index < -0.39 is 16.8 Å². The van der Waals surface area contributed by atoms with Gasteiger partial charge in [-0.15, -0.1) is 0 Å². The van der Waals surface area contributed by atoms with Gasteiger partial charge in [-0.25, -0.2) is 0 Å². The van der Waals surface area contributed by atoms with Gasteiger partial charge in [0.25, 0.3) is 0 Å². The monoisotopic (exact) mass is 306 g/mol. The van der Waals surface area contributed by atoms with Crippen molar-refractivity contribution in [2.24, 2.45) is 5.92 Å². The second kappa shape index (κ2) is 7.11. The van der Waals surface area contributed by atoms with Crippen molar-refractivity contribution in [2.75, 3.05) is 0 Å². The van der Waals surface area contributed by atoms with Gasteiger partial charge >= 0.3 is 6.18 Å². The maximum atomic E-state index is 12.6. The fourth-order valence-corrected chi connectivity index (χ4v) is 2.39. The summed E-state index contributed by atoms with van der Waals surface area (Å²) in [6.07, 6.45) is -1.15. The van der Waals surface area contributed by atoms with Crippen LogP contribution in [-0.2, 0) is 6.18 Å². The summed E-state index contributed by atoms with van der Waals surface area (Å²) >= 11 is 5.64. The van der Waals surface area contributed by atoms with E-state index in [4.69, 9.17) is 11.6 Å². The van der Waals surface area contributed by atoms with Crippen molar-refractivity contribution >= 4 is 17.4 Å². The van der Waals surface area contributed by atoms with Crippen molar-refractivity contribution in [3.63, 3.8) is 0 Å². The van der Waals surface area contributed by atoms with Crippen molar-refractivity contribution in [1.29, 1.82) is 0 Å². The van der Waals surface area contributed by atoms with Crippen LogP contribution in [0.1, 0.15) is 55.5 Å². The third-order valence-corrected chi connectivity index (χ3v) is 3.64. The van der Waals surface area contributed by atoms with Crippen molar-refractivity contribution in [3.8, 4) is 0 Å². The second-order valence-electron chi connectivity index (χ2n) is 4.80. The molecule has 1 atom stereocenters. The van der Waals surface area contributed by atoms with E-state index in [0.29, 0.717) is 6.42 Å². The summed E-state index contributed by atoms with van der Waals surface area (Å²) in [4.78, 5) is 12.3. The quantitative estimate of drug-likeness (QED) is 0.611. The summed E-state index contributed by atoms with van der Waals surface area (Å²) in [5, 5.41) is -0.423. The molecule has 0 aromatic heterocycles. The van der Waals surface area contributed by atoms with Crippen LogP contribution in [0, 0.1) is 5.92 Å². The highest BCUT2D eigenvalue weighted by atomic mass is 35.5. The maximum absolute atomic E-state index is 12.6. The number of carbonyl (C=O) groups excluding carboxylic acids is 1. The fraction of sp³-hybridized carbons (Fsp3) is 0.533. The molecule has 1 nitrogen and oxygen atoms in total. The Labute approximate surface area is 122 Å². The van der Waals surface area contributed by atoms with E-state index in [1.165, 1.54) is 6.07 Å². The van der Waals surface area contributed by atoms with E-state index in [1.54, 1.807) is 0 Å². The Bertz CT molecular complexity index is 469. The lowest BCUT2D eigenvalue weighted by molar-refractivity contribution is -0.137. The zero-order valence-corrected chi connectivity index (χ0v) is 12.3. The molecule has 0 aliphatic heterocycles. The van der Waals surface area contributed by atoms with Crippen molar-refractivity contribution < 1.29 is 18.0 Å². The van der Waals surface area contributed by atoms with Crippen LogP contribution in [0.3, 0.4) is 0 Å². The number of hydrogen-bond donors (Lipinski definition) is 0. The summed E-state index contributed by atoms with van der Waals surface area (Å²) in [6, 6.07) is 3.22. The predicted octanol–water partition coefficient (Wildman–Crippen LogP) is 5.76. The molecule has 112 valence electrons. The molecule has 0 aliphatic carbocycles. The number of unbranched alkanes of at least 4 members (excludes halogenated alkanes) is 1. The Balaban J connectivity index is 2.97. The first kappa shape index (κ1) is 17.0. The number of rotatable bonds is 6. The largest absolute Gasteiger partial charge is 0.417 e. The highest BCUT2D eigenvalue weighted by molar-refractivity contribution is 6.31. The van der Waals surface area contributed by atoms with Crippen LogP contribution in [0.5, 0.6) is 0 Å². The molecule has 1 aromatic carbocycles. The molecular formula is C15H18ClF3O. The third-order valence-electron chi connectivity index (χ3n) is 3.33. The molecule has 0 heterocycles. The molecular weight excluding hydrogens is 289 g/mol. The van der Waals surface area contributed by atoms with Crippen LogP contribution < -0.4 is 0 Å². The molecule has 0 radical (unpaired) electrons.